The number of benzene rings is 1. The van der Waals surface area contributed by atoms with Crippen LogP contribution < -0.4 is 16.0 Å². The van der Waals surface area contributed by atoms with Crippen molar-refractivity contribution < 1.29 is 4.74 Å². The van der Waals surface area contributed by atoms with E-state index in [-0.39, 0.29) is 6.04 Å². The lowest BCUT2D eigenvalue weighted by atomic mass is 10.0. The molecule has 0 amide bonds. The molecule has 1 aromatic rings. The summed E-state index contributed by atoms with van der Waals surface area (Å²) in [5.74, 6) is 6.38. The van der Waals surface area contributed by atoms with Crippen LogP contribution in [-0.2, 0) is 0 Å². The van der Waals surface area contributed by atoms with Gasteiger partial charge in [0.1, 0.15) is 5.75 Å². The molecule has 1 aromatic carbocycles. The minimum absolute atomic E-state index is 0.0230. The molecule has 0 aliphatic heterocycles. The number of hydrogen-bond acceptors (Lipinski definition) is 3. The Kier molecular flexibility index (Phi) is 5.02. The Morgan fingerprint density at radius 1 is 1.56 bits per heavy atom. The molecule has 0 fully saturated rings. The molecule has 0 heterocycles. The van der Waals surface area contributed by atoms with Gasteiger partial charge in [-0.1, -0.05) is 31.2 Å². The summed E-state index contributed by atoms with van der Waals surface area (Å²) in [4.78, 5) is 0. The number of nitrogens with one attached hydrogen (secondary N) is 1. The summed E-state index contributed by atoms with van der Waals surface area (Å²) in [5, 5.41) is 0. The summed E-state index contributed by atoms with van der Waals surface area (Å²) >= 11 is 0. The number of hydrogen-bond donors (Lipinski definition) is 2. The lowest BCUT2D eigenvalue weighted by Crippen LogP contribution is -2.28. The molecule has 0 radical (unpaired) electrons. The molecule has 0 bridgehead atoms. The lowest BCUT2D eigenvalue weighted by Gasteiger charge is -2.17. The molecule has 0 saturated carbocycles. The van der Waals surface area contributed by atoms with Crippen LogP contribution in [0.15, 0.2) is 36.4 Å². The zero-order valence-electron chi connectivity index (χ0n) is 9.99. The summed E-state index contributed by atoms with van der Waals surface area (Å²) < 4.78 is 5.57. The van der Waals surface area contributed by atoms with Gasteiger partial charge in [0.25, 0.3) is 0 Å². The topological polar surface area (TPSA) is 47.3 Å². The molecule has 0 spiro atoms. The third-order valence-corrected chi connectivity index (χ3v) is 2.32. The minimum Gasteiger partial charge on any atom is -0.494 e. The molecule has 16 heavy (non-hydrogen) atoms. The van der Waals surface area contributed by atoms with Crippen molar-refractivity contribution in [1.82, 2.24) is 5.43 Å². The van der Waals surface area contributed by atoms with Gasteiger partial charge in [0.05, 0.1) is 12.6 Å². The number of rotatable bonds is 6. The molecule has 3 nitrogen and oxygen atoms in total. The van der Waals surface area contributed by atoms with Crippen molar-refractivity contribution in [3.8, 4) is 5.75 Å². The van der Waals surface area contributed by atoms with Crippen LogP contribution in [0.25, 0.3) is 0 Å². The normalized spacial score (nSPS) is 12.2. The van der Waals surface area contributed by atoms with Gasteiger partial charge in [-0.05, 0) is 31.0 Å². The summed E-state index contributed by atoms with van der Waals surface area (Å²) in [5.41, 5.74) is 4.80. The SMILES string of the molecule is C=C(C)C(NN)c1cccc(OCCC)c1. The van der Waals surface area contributed by atoms with Crippen molar-refractivity contribution in [2.45, 2.75) is 26.3 Å². The lowest BCUT2D eigenvalue weighted by molar-refractivity contribution is 0.317. The van der Waals surface area contributed by atoms with Crippen molar-refractivity contribution in [2.75, 3.05) is 6.61 Å². The molecule has 0 aliphatic carbocycles. The number of nitrogens with two attached hydrogens (primary N) is 1. The van der Waals surface area contributed by atoms with E-state index in [9.17, 15) is 0 Å². The third kappa shape index (κ3) is 3.36. The zero-order valence-corrected chi connectivity index (χ0v) is 9.99. The van der Waals surface area contributed by atoms with Gasteiger partial charge < -0.3 is 4.74 Å². The third-order valence-electron chi connectivity index (χ3n) is 2.32. The largest absolute Gasteiger partial charge is 0.494 e. The number of hydrazine groups is 1. The molecule has 1 unspecified atom stereocenters. The molecule has 0 aliphatic rings. The Bertz CT molecular complexity index is 350. The van der Waals surface area contributed by atoms with Crippen molar-refractivity contribution >= 4 is 0 Å². The quantitative estimate of drug-likeness (QED) is 0.440. The van der Waals surface area contributed by atoms with Crippen LogP contribution in [-0.4, -0.2) is 6.61 Å². The van der Waals surface area contributed by atoms with Crippen LogP contribution in [0.4, 0.5) is 0 Å². The minimum atomic E-state index is -0.0230. The summed E-state index contributed by atoms with van der Waals surface area (Å²) in [6, 6.07) is 7.90. The Labute approximate surface area is 97.3 Å². The van der Waals surface area contributed by atoms with Gasteiger partial charge in [-0.25, -0.2) is 5.43 Å². The monoisotopic (exact) mass is 220 g/mol. The van der Waals surface area contributed by atoms with Crippen LogP contribution >= 0.6 is 0 Å². The molecule has 1 atom stereocenters. The van der Waals surface area contributed by atoms with Gasteiger partial charge in [0.15, 0.2) is 0 Å². The van der Waals surface area contributed by atoms with Crippen molar-refractivity contribution in [2.24, 2.45) is 5.84 Å². The molecular formula is C13H20N2O. The molecule has 0 saturated heterocycles. The Morgan fingerprint density at radius 2 is 2.31 bits per heavy atom. The summed E-state index contributed by atoms with van der Waals surface area (Å²) in [6.07, 6.45) is 1.00. The highest BCUT2D eigenvalue weighted by atomic mass is 16.5. The van der Waals surface area contributed by atoms with E-state index in [0.29, 0.717) is 0 Å². The van der Waals surface area contributed by atoms with Crippen LogP contribution in [0.1, 0.15) is 31.9 Å². The fourth-order valence-electron chi connectivity index (χ4n) is 1.53. The van der Waals surface area contributed by atoms with Crippen LogP contribution in [0, 0.1) is 0 Å². The van der Waals surface area contributed by atoms with E-state index in [2.05, 4.69) is 18.9 Å². The van der Waals surface area contributed by atoms with Gasteiger partial charge in [-0.3, -0.25) is 5.84 Å². The van der Waals surface area contributed by atoms with Crippen molar-refractivity contribution in [3.63, 3.8) is 0 Å². The molecule has 0 aromatic heterocycles. The van der Waals surface area contributed by atoms with Crippen LogP contribution in [0.5, 0.6) is 5.75 Å². The second-order valence-corrected chi connectivity index (χ2v) is 3.87. The first-order valence-electron chi connectivity index (χ1n) is 5.53. The van der Waals surface area contributed by atoms with E-state index in [1.165, 1.54) is 0 Å². The van der Waals surface area contributed by atoms with E-state index in [0.717, 1.165) is 29.9 Å². The van der Waals surface area contributed by atoms with Gasteiger partial charge in [0.2, 0.25) is 0 Å². The summed E-state index contributed by atoms with van der Waals surface area (Å²) in [7, 11) is 0. The van der Waals surface area contributed by atoms with E-state index < -0.39 is 0 Å². The Hall–Kier alpha value is -1.32. The van der Waals surface area contributed by atoms with E-state index >= 15 is 0 Å². The maximum atomic E-state index is 5.57. The second kappa shape index (κ2) is 6.30. The highest BCUT2D eigenvalue weighted by Crippen LogP contribution is 2.23. The first-order valence-corrected chi connectivity index (χ1v) is 5.53. The molecule has 3 N–H and O–H groups in total. The average Bonchev–Trinajstić information content (AvgIpc) is 2.27. The fourth-order valence-corrected chi connectivity index (χ4v) is 1.53. The van der Waals surface area contributed by atoms with Crippen LogP contribution in [0.3, 0.4) is 0 Å². The summed E-state index contributed by atoms with van der Waals surface area (Å²) in [6.45, 7) is 8.68. The fraction of sp³-hybridized carbons (Fsp3) is 0.385. The predicted molar refractivity (Wildman–Crippen MR) is 67.1 cm³/mol. The molecule has 88 valence electrons. The highest BCUT2D eigenvalue weighted by molar-refractivity contribution is 5.33. The van der Waals surface area contributed by atoms with Gasteiger partial charge >= 0.3 is 0 Å². The second-order valence-electron chi connectivity index (χ2n) is 3.87. The first kappa shape index (κ1) is 12.7. The van der Waals surface area contributed by atoms with E-state index in [4.69, 9.17) is 10.6 Å². The highest BCUT2D eigenvalue weighted by Gasteiger charge is 2.10. The van der Waals surface area contributed by atoms with Gasteiger partial charge in [-0.15, -0.1) is 0 Å². The van der Waals surface area contributed by atoms with Crippen molar-refractivity contribution in [3.05, 3.63) is 42.0 Å². The van der Waals surface area contributed by atoms with Crippen LogP contribution in [0.2, 0.25) is 0 Å². The average molecular weight is 220 g/mol. The maximum Gasteiger partial charge on any atom is 0.119 e. The molecular weight excluding hydrogens is 200 g/mol. The predicted octanol–water partition coefficient (Wildman–Crippen LogP) is 2.56. The van der Waals surface area contributed by atoms with E-state index in [1.54, 1.807) is 0 Å². The number of ether oxygens (including phenoxy) is 1. The Morgan fingerprint density at radius 3 is 2.88 bits per heavy atom. The zero-order chi connectivity index (χ0) is 12.0. The van der Waals surface area contributed by atoms with Gasteiger partial charge in [0, 0.05) is 0 Å². The Balaban J connectivity index is 2.83. The van der Waals surface area contributed by atoms with Gasteiger partial charge in [-0.2, -0.15) is 0 Å². The van der Waals surface area contributed by atoms with Crippen molar-refractivity contribution in [1.29, 1.82) is 0 Å². The molecule has 3 heteroatoms. The smallest absolute Gasteiger partial charge is 0.119 e. The maximum absolute atomic E-state index is 5.57. The standard InChI is InChI=1S/C13H20N2O/c1-4-8-16-12-7-5-6-11(9-12)13(15-14)10(2)3/h5-7,9,13,15H,2,4,8,14H2,1,3H3. The van der Waals surface area contributed by atoms with E-state index in [1.807, 2.05) is 31.2 Å². The first-order chi connectivity index (χ1) is 7.69. The molecule has 1 rings (SSSR count).